The van der Waals surface area contributed by atoms with Gasteiger partial charge in [-0.05, 0) is 6.42 Å². The summed E-state index contributed by atoms with van der Waals surface area (Å²) in [6.07, 6.45) is 1.70. The van der Waals surface area contributed by atoms with Gasteiger partial charge in [0.05, 0.1) is 24.0 Å². The maximum absolute atomic E-state index is 13.2. The Balaban J connectivity index is 1.58. The molecule has 2 bridgehead atoms. The minimum atomic E-state index is -1.58. The molecule has 0 spiro atoms. The summed E-state index contributed by atoms with van der Waals surface area (Å²) in [6, 6.07) is 6.33. The highest BCUT2D eigenvalue weighted by atomic mass is 16.4. The first-order valence-electron chi connectivity index (χ1n) is 8.92. The maximum atomic E-state index is 13.2. The van der Waals surface area contributed by atoms with Gasteiger partial charge in [0.25, 0.3) is 5.91 Å². The number of benzene rings is 1. The van der Waals surface area contributed by atoms with E-state index < -0.39 is 41.9 Å². The van der Waals surface area contributed by atoms with Crippen LogP contribution in [0.5, 0.6) is 0 Å². The average Bonchev–Trinajstić information content (AvgIpc) is 3.38. The lowest BCUT2D eigenvalue weighted by Crippen LogP contribution is -2.56. The molecule has 4 heterocycles. The number of imide groups is 1. The number of hydrogen-bond donors (Lipinski definition) is 1. The van der Waals surface area contributed by atoms with E-state index in [0.29, 0.717) is 17.2 Å². The van der Waals surface area contributed by atoms with E-state index in [2.05, 4.69) is 4.98 Å². The molecule has 144 valence electrons. The Morgan fingerprint density at radius 2 is 1.93 bits per heavy atom. The monoisotopic (exact) mass is 391 g/mol. The van der Waals surface area contributed by atoms with Gasteiger partial charge >= 0.3 is 17.9 Å². The number of aliphatic carboxylic acids is 1. The molecule has 1 aromatic heterocycles. The molecule has 0 radical (unpaired) electrons. The fourth-order valence-electron chi connectivity index (χ4n) is 4.68. The van der Waals surface area contributed by atoms with Crippen LogP contribution in [0.15, 0.2) is 30.5 Å². The van der Waals surface area contributed by atoms with Crippen LogP contribution < -0.4 is 4.90 Å². The molecule has 5 rings (SSSR count). The van der Waals surface area contributed by atoms with E-state index >= 15 is 0 Å². The molecule has 3 fully saturated rings. The van der Waals surface area contributed by atoms with Crippen LogP contribution in [0.2, 0.25) is 0 Å². The minimum absolute atomic E-state index is 0.0888. The summed E-state index contributed by atoms with van der Waals surface area (Å²) < 4.78 is 0. The van der Waals surface area contributed by atoms with Gasteiger partial charge in [-0.25, -0.2) is 19.5 Å². The fourth-order valence-corrected chi connectivity index (χ4v) is 4.68. The Hall–Kier alpha value is -4.00. The zero-order valence-electron chi connectivity index (χ0n) is 14.8. The molecule has 29 heavy (non-hydrogen) atoms. The third-order valence-corrected chi connectivity index (χ3v) is 5.83. The molecule has 1 aromatic carbocycles. The Morgan fingerprint density at radius 3 is 2.62 bits per heavy atom. The van der Waals surface area contributed by atoms with Crippen molar-refractivity contribution in [3.63, 3.8) is 0 Å². The van der Waals surface area contributed by atoms with Gasteiger partial charge in [-0.1, -0.05) is 24.3 Å². The van der Waals surface area contributed by atoms with Crippen molar-refractivity contribution < 1.29 is 24.3 Å². The molecule has 3 atom stereocenters. The predicted molar refractivity (Wildman–Crippen MR) is 96.5 cm³/mol. The first-order valence-corrected chi connectivity index (χ1v) is 8.92. The third kappa shape index (κ3) is 2.12. The first-order chi connectivity index (χ1) is 13.9. The quantitative estimate of drug-likeness (QED) is 0.546. The molecule has 10 heteroatoms. The van der Waals surface area contributed by atoms with Gasteiger partial charge in [0, 0.05) is 17.3 Å². The van der Waals surface area contributed by atoms with Gasteiger partial charge in [0.15, 0.2) is 0 Å². The molecule has 1 N–H and O–H groups in total. The third-order valence-electron chi connectivity index (χ3n) is 5.83. The number of anilines is 1. The van der Waals surface area contributed by atoms with Crippen molar-refractivity contribution in [1.29, 1.82) is 5.26 Å². The van der Waals surface area contributed by atoms with E-state index in [9.17, 15) is 24.4 Å². The highest BCUT2D eigenvalue weighted by Crippen LogP contribution is 2.43. The van der Waals surface area contributed by atoms with Crippen LogP contribution in [0.25, 0.3) is 10.8 Å². The van der Waals surface area contributed by atoms with Crippen molar-refractivity contribution in [1.82, 2.24) is 14.8 Å². The zero-order valence-corrected chi connectivity index (χ0v) is 14.8. The first kappa shape index (κ1) is 17.1. The van der Waals surface area contributed by atoms with Crippen molar-refractivity contribution in [2.45, 2.75) is 24.5 Å². The number of pyridine rings is 1. The number of nitriles is 1. The molecular weight excluding hydrogens is 378 g/mol. The van der Waals surface area contributed by atoms with Crippen molar-refractivity contribution >= 4 is 40.3 Å². The second-order valence-corrected chi connectivity index (χ2v) is 7.18. The number of carbonyl (C=O) groups excluding carboxylic acids is 3. The smallest absolute Gasteiger partial charge is 0.394 e. The predicted octanol–water partition coefficient (Wildman–Crippen LogP) is 0.311. The lowest BCUT2D eigenvalue weighted by Gasteiger charge is -2.33. The number of carbonyl (C=O) groups is 4. The number of hydrogen-bond acceptors (Lipinski definition) is 6. The number of rotatable bonds is 1. The normalized spacial score (nSPS) is 24.9. The Kier molecular flexibility index (Phi) is 3.39. The van der Waals surface area contributed by atoms with Crippen LogP contribution in [0.4, 0.5) is 10.5 Å². The number of nitrogens with zero attached hydrogens (tertiary/aromatic N) is 5. The number of carboxylic acids is 1. The Morgan fingerprint density at radius 1 is 1.21 bits per heavy atom. The number of likely N-dealkylation sites (tertiary alicyclic amines) is 1. The number of aromatic nitrogens is 1. The molecule has 0 unspecified atom stereocenters. The summed E-state index contributed by atoms with van der Waals surface area (Å²) in [4.78, 5) is 57.1. The number of urea groups is 1. The topological polar surface area (TPSA) is 135 Å². The van der Waals surface area contributed by atoms with Gasteiger partial charge in [0.2, 0.25) is 0 Å². The molecular formula is C19H13N5O5. The summed E-state index contributed by atoms with van der Waals surface area (Å²) in [5.74, 6) is -3.18. The average molecular weight is 391 g/mol. The molecule has 3 aliphatic rings. The maximum Gasteiger partial charge on any atom is 0.394 e. The minimum Gasteiger partial charge on any atom is -0.474 e. The van der Waals surface area contributed by atoms with E-state index in [1.807, 2.05) is 6.07 Å². The van der Waals surface area contributed by atoms with Crippen LogP contribution in [0, 0.1) is 11.3 Å². The highest BCUT2D eigenvalue weighted by Gasteiger charge is 2.63. The summed E-state index contributed by atoms with van der Waals surface area (Å²) in [7, 11) is 0. The number of carboxylic acid groups (broad SMARTS) is 1. The largest absolute Gasteiger partial charge is 0.474 e. The summed E-state index contributed by atoms with van der Waals surface area (Å²) in [5.41, 5.74) is 0.446. The molecule has 3 aliphatic heterocycles. The molecule has 3 saturated heterocycles. The summed E-state index contributed by atoms with van der Waals surface area (Å²) in [6.45, 7) is 0.0888. The van der Waals surface area contributed by atoms with Crippen LogP contribution in [0.1, 0.15) is 12.1 Å². The fraction of sp³-hybridized carbons (Fsp3) is 0.263. The van der Waals surface area contributed by atoms with Crippen molar-refractivity contribution in [2.24, 2.45) is 0 Å². The molecule has 0 saturated carbocycles. The standard InChI is InChI=1S/C19H13N5O5/c20-6-12-10-3-1-2-4-11(10)14(7-21-12)24-16(25)15-13-5-9(23(15)19(24)29)8-22(13)17(26)18(27)28/h1-4,7,9,13,15H,5,8H2,(H,27,28)/t9-,13-,15-/m0/s1. The van der Waals surface area contributed by atoms with Crippen LogP contribution in [0.3, 0.4) is 0 Å². The van der Waals surface area contributed by atoms with Crippen molar-refractivity contribution in [3.8, 4) is 6.07 Å². The second kappa shape index (κ2) is 5.75. The van der Waals surface area contributed by atoms with Gasteiger partial charge in [-0.15, -0.1) is 0 Å². The number of amides is 4. The van der Waals surface area contributed by atoms with Gasteiger partial charge in [-0.3, -0.25) is 9.59 Å². The highest BCUT2D eigenvalue weighted by molar-refractivity contribution is 6.32. The number of piperazine rings is 1. The van der Waals surface area contributed by atoms with Crippen LogP contribution >= 0.6 is 0 Å². The van der Waals surface area contributed by atoms with E-state index in [1.165, 1.54) is 11.1 Å². The molecule has 10 nitrogen and oxygen atoms in total. The Bertz CT molecular complexity index is 1170. The van der Waals surface area contributed by atoms with Gasteiger partial charge in [-0.2, -0.15) is 5.26 Å². The molecule has 2 aromatic rings. The van der Waals surface area contributed by atoms with Crippen molar-refractivity contribution in [2.75, 3.05) is 11.4 Å². The van der Waals surface area contributed by atoms with E-state index in [0.717, 1.165) is 9.80 Å². The van der Waals surface area contributed by atoms with Crippen LogP contribution in [-0.4, -0.2) is 68.4 Å². The Labute approximate surface area is 163 Å². The van der Waals surface area contributed by atoms with Gasteiger partial charge in [0.1, 0.15) is 17.8 Å². The SMILES string of the molecule is N#Cc1ncc(N2C(=O)[C@@H]3[C@@H]4C[C@@H](CN4C(=O)C(=O)O)N3C2=O)c2ccccc12. The lowest BCUT2D eigenvalue weighted by molar-refractivity contribution is -0.157. The molecule has 4 amide bonds. The summed E-state index contributed by atoms with van der Waals surface area (Å²) in [5, 5.41) is 19.4. The van der Waals surface area contributed by atoms with Crippen molar-refractivity contribution in [3.05, 3.63) is 36.2 Å². The van der Waals surface area contributed by atoms with E-state index in [-0.39, 0.29) is 17.9 Å². The lowest BCUT2D eigenvalue weighted by atomic mass is 10.1. The zero-order chi connectivity index (χ0) is 20.4. The number of fused-ring (bicyclic) bond motifs is 6. The van der Waals surface area contributed by atoms with Crippen LogP contribution in [-0.2, 0) is 14.4 Å². The second-order valence-electron chi connectivity index (χ2n) is 7.18. The molecule has 0 aliphatic carbocycles. The summed E-state index contributed by atoms with van der Waals surface area (Å²) >= 11 is 0. The van der Waals surface area contributed by atoms with Gasteiger partial charge < -0.3 is 14.9 Å². The van der Waals surface area contributed by atoms with E-state index in [4.69, 9.17) is 5.11 Å². The van der Waals surface area contributed by atoms with E-state index in [1.54, 1.807) is 24.3 Å².